The van der Waals surface area contributed by atoms with Gasteiger partial charge in [-0.15, -0.1) is 0 Å². The van der Waals surface area contributed by atoms with Gasteiger partial charge in [0.2, 0.25) is 0 Å². The minimum Gasteiger partial charge on any atom is -0.359 e. The molecule has 0 saturated carbocycles. The number of carbonyl (C=O) groups excluding carboxylic acids is 1. The van der Waals surface area contributed by atoms with Gasteiger partial charge in [-0.3, -0.25) is 15.4 Å². The average molecular weight is 332 g/mol. The first kappa shape index (κ1) is 17.5. The smallest absolute Gasteiger partial charge is 0.323 e. The van der Waals surface area contributed by atoms with Crippen LogP contribution in [0.1, 0.15) is 32.1 Å². The van der Waals surface area contributed by atoms with Gasteiger partial charge in [0.05, 0.1) is 4.92 Å². The third-order valence-corrected chi connectivity index (χ3v) is 3.37. The molecule has 8 nitrogen and oxygen atoms in total. The number of nitrogens with one attached hydrogen (secondary N) is 1. The highest BCUT2D eigenvalue weighted by atomic mass is 16.6. The van der Waals surface area contributed by atoms with Gasteiger partial charge in [-0.2, -0.15) is 0 Å². The van der Waals surface area contributed by atoms with Gasteiger partial charge in [0, 0.05) is 37.2 Å². The van der Waals surface area contributed by atoms with Crippen molar-refractivity contribution in [2.75, 3.05) is 12.4 Å². The van der Waals surface area contributed by atoms with Gasteiger partial charge in [-0.25, -0.2) is 4.79 Å². The molecule has 2 rings (SSSR count). The first-order chi connectivity index (χ1) is 11.2. The van der Waals surface area contributed by atoms with E-state index in [9.17, 15) is 14.9 Å². The Morgan fingerprint density at radius 1 is 1.38 bits per heavy atom. The molecule has 0 unspecified atom stereocenters. The van der Waals surface area contributed by atoms with Gasteiger partial charge in [-0.05, 0) is 5.56 Å². The Balaban J connectivity index is 2.01. The Morgan fingerprint density at radius 2 is 2.08 bits per heavy atom. The number of non-ortho nitro benzene ring substituents is 1. The molecular weight excluding hydrogens is 312 g/mol. The van der Waals surface area contributed by atoms with E-state index >= 15 is 0 Å². The maximum atomic E-state index is 12.2. The van der Waals surface area contributed by atoms with Crippen molar-refractivity contribution in [1.82, 2.24) is 10.1 Å². The summed E-state index contributed by atoms with van der Waals surface area (Å²) in [6, 6.07) is 7.47. The SMILES string of the molecule is CN(Cc1cccc([N+](=O)[O-])c1)C(=O)Nc1cc(C(C)(C)C)on1. The van der Waals surface area contributed by atoms with Crippen LogP contribution in [-0.4, -0.2) is 28.1 Å². The lowest BCUT2D eigenvalue weighted by Crippen LogP contribution is -2.30. The molecule has 1 N–H and O–H groups in total. The summed E-state index contributed by atoms with van der Waals surface area (Å²) >= 11 is 0. The highest BCUT2D eigenvalue weighted by Crippen LogP contribution is 2.24. The molecular formula is C16H20N4O4. The lowest BCUT2D eigenvalue weighted by Gasteiger charge is -2.17. The molecule has 8 heteroatoms. The van der Waals surface area contributed by atoms with E-state index in [1.807, 2.05) is 20.8 Å². The monoisotopic (exact) mass is 332 g/mol. The van der Waals surface area contributed by atoms with E-state index in [2.05, 4.69) is 10.5 Å². The molecule has 1 aromatic carbocycles. The summed E-state index contributed by atoms with van der Waals surface area (Å²) in [6.07, 6.45) is 0. The van der Waals surface area contributed by atoms with Crippen LogP contribution in [-0.2, 0) is 12.0 Å². The van der Waals surface area contributed by atoms with Crippen LogP contribution < -0.4 is 5.32 Å². The zero-order valence-electron chi connectivity index (χ0n) is 14.1. The normalized spacial score (nSPS) is 11.2. The number of nitro groups is 1. The minimum atomic E-state index is -0.465. The number of nitrogens with zero attached hydrogens (tertiary/aromatic N) is 3. The average Bonchev–Trinajstić information content (AvgIpc) is 2.96. The molecule has 0 bridgehead atoms. The van der Waals surface area contributed by atoms with Gasteiger partial charge in [-0.1, -0.05) is 38.1 Å². The van der Waals surface area contributed by atoms with Crippen molar-refractivity contribution >= 4 is 17.5 Å². The molecule has 2 amide bonds. The largest absolute Gasteiger partial charge is 0.359 e. The molecule has 1 aromatic heterocycles. The summed E-state index contributed by atoms with van der Waals surface area (Å²) in [7, 11) is 1.60. The standard InChI is InChI=1S/C16H20N4O4/c1-16(2,3)13-9-14(18-24-13)17-15(21)19(4)10-11-6-5-7-12(8-11)20(22)23/h5-9H,10H2,1-4H3,(H,17,18,21). The van der Waals surface area contributed by atoms with E-state index in [0.29, 0.717) is 17.1 Å². The number of urea groups is 1. The Labute approximate surface area is 139 Å². The lowest BCUT2D eigenvalue weighted by atomic mass is 9.93. The highest BCUT2D eigenvalue weighted by molar-refractivity contribution is 5.88. The van der Waals surface area contributed by atoms with E-state index in [4.69, 9.17) is 4.52 Å². The molecule has 24 heavy (non-hydrogen) atoms. The van der Waals surface area contributed by atoms with E-state index in [1.54, 1.807) is 25.2 Å². The van der Waals surface area contributed by atoms with E-state index < -0.39 is 4.92 Å². The number of aromatic nitrogens is 1. The lowest BCUT2D eigenvalue weighted by molar-refractivity contribution is -0.384. The zero-order valence-corrected chi connectivity index (χ0v) is 14.1. The second kappa shape index (κ2) is 6.69. The van der Waals surface area contributed by atoms with Crippen LogP contribution in [0, 0.1) is 10.1 Å². The molecule has 0 aliphatic heterocycles. The van der Waals surface area contributed by atoms with Crippen molar-refractivity contribution in [3.8, 4) is 0 Å². The van der Waals surface area contributed by atoms with Gasteiger partial charge in [0.1, 0.15) is 5.76 Å². The number of rotatable bonds is 4. The number of amides is 2. The quantitative estimate of drug-likeness (QED) is 0.681. The first-order valence-electron chi connectivity index (χ1n) is 7.39. The molecule has 0 fully saturated rings. The predicted molar refractivity (Wildman–Crippen MR) is 88.8 cm³/mol. The number of nitro benzene ring substituents is 1. The third kappa shape index (κ3) is 4.31. The second-order valence-electron chi connectivity index (χ2n) is 6.54. The van der Waals surface area contributed by atoms with Crippen molar-refractivity contribution in [2.45, 2.75) is 32.7 Å². The van der Waals surface area contributed by atoms with Crippen molar-refractivity contribution in [3.05, 3.63) is 51.8 Å². The fourth-order valence-electron chi connectivity index (χ4n) is 2.01. The molecule has 0 aliphatic carbocycles. The van der Waals surface area contributed by atoms with Crippen molar-refractivity contribution in [1.29, 1.82) is 0 Å². The maximum absolute atomic E-state index is 12.2. The molecule has 2 aromatic rings. The van der Waals surface area contributed by atoms with Crippen molar-refractivity contribution in [2.24, 2.45) is 0 Å². The van der Waals surface area contributed by atoms with Crippen LogP contribution in [0.25, 0.3) is 0 Å². The Kier molecular flexibility index (Phi) is 4.87. The second-order valence-corrected chi connectivity index (χ2v) is 6.54. The number of anilines is 1. The number of hydrogen-bond acceptors (Lipinski definition) is 5. The fourth-order valence-corrected chi connectivity index (χ4v) is 2.01. The summed E-state index contributed by atoms with van der Waals surface area (Å²) in [5.74, 6) is 0.995. The van der Waals surface area contributed by atoms with Gasteiger partial charge < -0.3 is 9.42 Å². The van der Waals surface area contributed by atoms with Crippen LogP contribution in [0.5, 0.6) is 0 Å². The minimum absolute atomic E-state index is 0.00683. The highest BCUT2D eigenvalue weighted by Gasteiger charge is 2.21. The summed E-state index contributed by atoms with van der Waals surface area (Å²) in [6.45, 7) is 6.17. The Morgan fingerprint density at radius 3 is 2.67 bits per heavy atom. The molecule has 0 radical (unpaired) electrons. The predicted octanol–water partition coefficient (Wildman–Crippen LogP) is 3.54. The topological polar surface area (TPSA) is 102 Å². The fraction of sp³-hybridized carbons (Fsp3) is 0.375. The maximum Gasteiger partial charge on any atom is 0.323 e. The van der Waals surface area contributed by atoms with Crippen LogP contribution in [0.3, 0.4) is 0 Å². The zero-order chi connectivity index (χ0) is 17.9. The third-order valence-electron chi connectivity index (χ3n) is 3.37. The molecule has 0 atom stereocenters. The van der Waals surface area contributed by atoms with Crippen molar-refractivity contribution < 1.29 is 14.2 Å². The van der Waals surface area contributed by atoms with Crippen LogP contribution >= 0.6 is 0 Å². The molecule has 128 valence electrons. The molecule has 0 saturated heterocycles. The van der Waals surface area contributed by atoms with Crippen LogP contribution in [0.2, 0.25) is 0 Å². The molecule has 1 heterocycles. The number of benzene rings is 1. The Bertz CT molecular complexity index is 749. The molecule has 0 aliphatic rings. The summed E-state index contributed by atoms with van der Waals surface area (Å²) in [4.78, 5) is 23.9. The Hall–Kier alpha value is -2.90. The van der Waals surface area contributed by atoms with Crippen LogP contribution in [0.15, 0.2) is 34.9 Å². The summed E-state index contributed by atoms with van der Waals surface area (Å²) < 4.78 is 5.21. The van der Waals surface area contributed by atoms with Gasteiger partial charge in [0.15, 0.2) is 5.82 Å². The first-order valence-corrected chi connectivity index (χ1v) is 7.39. The van der Waals surface area contributed by atoms with E-state index in [1.165, 1.54) is 17.0 Å². The van der Waals surface area contributed by atoms with Crippen LogP contribution in [0.4, 0.5) is 16.3 Å². The summed E-state index contributed by atoms with van der Waals surface area (Å²) in [5.41, 5.74) is 0.454. The van der Waals surface area contributed by atoms with Gasteiger partial charge in [0.25, 0.3) is 5.69 Å². The van der Waals surface area contributed by atoms with Crippen molar-refractivity contribution in [3.63, 3.8) is 0 Å². The number of hydrogen-bond donors (Lipinski definition) is 1. The van der Waals surface area contributed by atoms with Gasteiger partial charge >= 0.3 is 6.03 Å². The van der Waals surface area contributed by atoms with E-state index in [-0.39, 0.29) is 23.7 Å². The molecule has 0 spiro atoms. The van der Waals surface area contributed by atoms with E-state index in [0.717, 1.165) is 0 Å². The summed E-state index contributed by atoms with van der Waals surface area (Å²) in [5, 5.41) is 17.3. The number of carbonyl (C=O) groups is 1.